The maximum Gasteiger partial charge on any atom is 0.357 e. The molecule has 1 N–H and O–H groups in total. The molecule has 7 nitrogen and oxygen atoms in total. The molecule has 8 heteroatoms. The molecule has 2 aromatic carbocycles. The number of carboxylic acids is 1. The Bertz CT molecular complexity index is 1250. The van der Waals surface area contributed by atoms with E-state index in [1.807, 2.05) is 0 Å². The van der Waals surface area contributed by atoms with Gasteiger partial charge in [0.1, 0.15) is 18.1 Å². The number of halogens is 1. The SMILES string of the molecule is COCn1c2ccc(F)cc2c2c(C(=O)O)nn(-c3ccccc3)c(=O)c21. The van der Waals surface area contributed by atoms with Crippen LogP contribution in [0.1, 0.15) is 10.5 Å². The Morgan fingerprint density at radius 1 is 1.22 bits per heavy atom. The Hall–Kier alpha value is -3.52. The van der Waals surface area contributed by atoms with Crippen LogP contribution in [-0.2, 0) is 11.5 Å². The van der Waals surface area contributed by atoms with Crippen molar-refractivity contribution in [1.29, 1.82) is 0 Å². The van der Waals surface area contributed by atoms with E-state index in [1.165, 1.54) is 29.9 Å². The third-order valence-electron chi connectivity index (χ3n) is 4.32. The van der Waals surface area contributed by atoms with Crippen molar-refractivity contribution in [2.24, 2.45) is 0 Å². The monoisotopic (exact) mass is 367 g/mol. The average Bonchev–Trinajstić information content (AvgIpc) is 2.97. The largest absolute Gasteiger partial charge is 0.476 e. The lowest BCUT2D eigenvalue weighted by molar-refractivity contribution is 0.0690. The van der Waals surface area contributed by atoms with Crippen molar-refractivity contribution in [3.05, 3.63) is 70.4 Å². The van der Waals surface area contributed by atoms with Crippen molar-refractivity contribution < 1.29 is 19.0 Å². The number of benzene rings is 2. The van der Waals surface area contributed by atoms with Crippen LogP contribution < -0.4 is 5.56 Å². The van der Waals surface area contributed by atoms with Crippen LogP contribution in [0.25, 0.3) is 27.5 Å². The molecule has 0 saturated carbocycles. The molecule has 0 bridgehead atoms. The summed E-state index contributed by atoms with van der Waals surface area (Å²) in [7, 11) is 1.45. The third-order valence-corrected chi connectivity index (χ3v) is 4.32. The summed E-state index contributed by atoms with van der Waals surface area (Å²) in [6, 6.07) is 12.4. The zero-order valence-corrected chi connectivity index (χ0v) is 14.2. The molecule has 27 heavy (non-hydrogen) atoms. The van der Waals surface area contributed by atoms with E-state index in [1.54, 1.807) is 30.3 Å². The molecule has 4 aromatic rings. The van der Waals surface area contributed by atoms with E-state index in [9.17, 15) is 19.1 Å². The van der Waals surface area contributed by atoms with Crippen molar-refractivity contribution in [3.63, 3.8) is 0 Å². The standard InChI is InChI=1S/C19H14FN3O4/c1-27-10-22-14-8-7-11(20)9-13(14)15-16(19(25)26)21-23(18(24)17(15)22)12-5-3-2-4-6-12/h2-9H,10H2,1H3,(H,25,26). The minimum absolute atomic E-state index is 0.00126. The van der Waals surface area contributed by atoms with E-state index in [0.29, 0.717) is 16.6 Å². The smallest absolute Gasteiger partial charge is 0.357 e. The number of aromatic carboxylic acids is 1. The molecule has 0 aliphatic heterocycles. The molecule has 0 radical (unpaired) electrons. The number of carboxylic acid groups (broad SMARTS) is 1. The molecule has 0 saturated heterocycles. The van der Waals surface area contributed by atoms with Crippen LogP contribution in [0.4, 0.5) is 4.39 Å². The second-order valence-electron chi connectivity index (χ2n) is 5.94. The fraction of sp³-hybridized carbons (Fsp3) is 0.105. The van der Waals surface area contributed by atoms with E-state index >= 15 is 0 Å². The minimum atomic E-state index is -1.31. The van der Waals surface area contributed by atoms with Gasteiger partial charge in [-0.2, -0.15) is 9.78 Å². The predicted molar refractivity (Wildman–Crippen MR) is 96.8 cm³/mol. The second kappa shape index (κ2) is 6.33. The molecule has 0 aliphatic rings. The highest BCUT2D eigenvalue weighted by Crippen LogP contribution is 2.30. The molecule has 2 heterocycles. The van der Waals surface area contributed by atoms with Gasteiger partial charge < -0.3 is 14.4 Å². The fourth-order valence-electron chi connectivity index (χ4n) is 3.24. The van der Waals surface area contributed by atoms with Crippen molar-refractivity contribution in [2.45, 2.75) is 6.73 Å². The molecule has 136 valence electrons. The number of methoxy groups -OCH3 is 1. The minimum Gasteiger partial charge on any atom is -0.476 e. The van der Waals surface area contributed by atoms with Crippen LogP contribution in [0.2, 0.25) is 0 Å². The number of rotatable bonds is 4. The molecule has 0 fully saturated rings. The van der Waals surface area contributed by atoms with Gasteiger partial charge in [-0.05, 0) is 30.3 Å². The maximum atomic E-state index is 13.8. The quantitative estimate of drug-likeness (QED) is 0.599. The van der Waals surface area contributed by atoms with E-state index in [4.69, 9.17) is 4.74 Å². The van der Waals surface area contributed by atoms with Crippen LogP contribution in [0.3, 0.4) is 0 Å². The summed E-state index contributed by atoms with van der Waals surface area (Å²) >= 11 is 0. The third kappa shape index (κ3) is 2.58. The van der Waals surface area contributed by atoms with Crippen LogP contribution in [0, 0.1) is 5.82 Å². The molecule has 0 unspecified atom stereocenters. The van der Waals surface area contributed by atoms with E-state index in [-0.39, 0.29) is 23.3 Å². The Morgan fingerprint density at radius 2 is 1.96 bits per heavy atom. The van der Waals surface area contributed by atoms with Gasteiger partial charge in [-0.25, -0.2) is 9.18 Å². The Kier molecular flexibility index (Phi) is 3.97. The zero-order chi connectivity index (χ0) is 19.1. The first-order chi connectivity index (χ1) is 13.0. The van der Waals surface area contributed by atoms with E-state index in [2.05, 4.69) is 5.10 Å². The average molecular weight is 367 g/mol. The van der Waals surface area contributed by atoms with Gasteiger partial charge in [-0.15, -0.1) is 0 Å². The summed E-state index contributed by atoms with van der Waals surface area (Å²) in [6.45, 7) is -0.00126. The molecular formula is C19H14FN3O4. The Balaban J connectivity index is 2.25. The number of aromatic nitrogens is 3. The number of ether oxygens (including phenoxy) is 1. The summed E-state index contributed by atoms with van der Waals surface area (Å²) in [4.78, 5) is 25.1. The molecule has 0 atom stereocenters. The normalized spacial score (nSPS) is 11.3. The van der Waals surface area contributed by atoms with Crippen LogP contribution in [0.15, 0.2) is 53.3 Å². The highest BCUT2D eigenvalue weighted by molar-refractivity contribution is 6.15. The lowest BCUT2D eigenvalue weighted by atomic mass is 10.1. The van der Waals surface area contributed by atoms with Gasteiger partial charge in [-0.3, -0.25) is 4.79 Å². The molecule has 2 aromatic heterocycles. The second-order valence-corrected chi connectivity index (χ2v) is 5.94. The number of nitrogens with zero attached hydrogens (tertiary/aromatic N) is 3. The van der Waals surface area contributed by atoms with Gasteiger partial charge >= 0.3 is 5.97 Å². The molecule has 0 amide bonds. The van der Waals surface area contributed by atoms with Crippen molar-refractivity contribution >= 4 is 27.8 Å². The molecule has 0 spiro atoms. The Labute approximate surface area is 151 Å². The molecular weight excluding hydrogens is 353 g/mol. The summed E-state index contributed by atoms with van der Waals surface area (Å²) in [5.74, 6) is -1.85. The first-order valence-electron chi connectivity index (χ1n) is 8.05. The lowest BCUT2D eigenvalue weighted by Crippen LogP contribution is -2.26. The van der Waals surface area contributed by atoms with Crippen LogP contribution in [-0.4, -0.2) is 32.5 Å². The molecule has 4 rings (SSSR count). The van der Waals surface area contributed by atoms with Gasteiger partial charge in [0.15, 0.2) is 5.69 Å². The van der Waals surface area contributed by atoms with Gasteiger partial charge in [0.25, 0.3) is 5.56 Å². The van der Waals surface area contributed by atoms with E-state index in [0.717, 1.165) is 4.68 Å². The number of carbonyl (C=O) groups is 1. The number of hydrogen-bond acceptors (Lipinski definition) is 4. The van der Waals surface area contributed by atoms with Gasteiger partial charge in [-0.1, -0.05) is 18.2 Å². The first kappa shape index (κ1) is 16.9. The zero-order valence-electron chi connectivity index (χ0n) is 14.2. The lowest BCUT2D eigenvalue weighted by Gasteiger charge is -2.09. The fourth-order valence-corrected chi connectivity index (χ4v) is 3.24. The summed E-state index contributed by atoms with van der Waals surface area (Å²) in [6.07, 6.45) is 0. The summed E-state index contributed by atoms with van der Waals surface area (Å²) < 4.78 is 21.6. The maximum absolute atomic E-state index is 13.8. The van der Waals surface area contributed by atoms with Gasteiger partial charge in [0.2, 0.25) is 0 Å². The number of para-hydroxylation sites is 1. The van der Waals surface area contributed by atoms with Crippen molar-refractivity contribution in [1.82, 2.24) is 14.3 Å². The van der Waals surface area contributed by atoms with Crippen LogP contribution in [0.5, 0.6) is 0 Å². The van der Waals surface area contributed by atoms with Crippen LogP contribution >= 0.6 is 0 Å². The molecule has 0 aliphatic carbocycles. The Morgan fingerprint density at radius 3 is 2.63 bits per heavy atom. The van der Waals surface area contributed by atoms with Crippen molar-refractivity contribution in [3.8, 4) is 5.69 Å². The van der Waals surface area contributed by atoms with E-state index < -0.39 is 17.3 Å². The highest BCUT2D eigenvalue weighted by Gasteiger charge is 2.24. The topological polar surface area (TPSA) is 86.3 Å². The summed E-state index contributed by atoms with van der Waals surface area (Å²) in [5, 5.41) is 14.1. The highest BCUT2D eigenvalue weighted by atomic mass is 19.1. The number of hydrogen-bond donors (Lipinski definition) is 1. The predicted octanol–water partition coefficient (Wildman–Crippen LogP) is 2.78. The number of fused-ring (bicyclic) bond motifs is 3. The first-order valence-corrected chi connectivity index (χ1v) is 8.05. The summed E-state index contributed by atoms with van der Waals surface area (Å²) in [5.41, 5.74) is 0.148. The van der Waals surface area contributed by atoms with Gasteiger partial charge in [0.05, 0.1) is 11.2 Å². The van der Waals surface area contributed by atoms with Gasteiger partial charge in [0, 0.05) is 17.9 Å². The van der Waals surface area contributed by atoms with Crippen molar-refractivity contribution in [2.75, 3.05) is 7.11 Å².